The van der Waals surface area contributed by atoms with Gasteiger partial charge in [-0.25, -0.2) is 4.39 Å². The highest BCUT2D eigenvalue weighted by Gasteiger charge is 2.38. The Bertz CT molecular complexity index is 454. The summed E-state index contributed by atoms with van der Waals surface area (Å²) in [5, 5.41) is 3.78. The highest BCUT2D eigenvalue weighted by Crippen LogP contribution is 2.33. The van der Waals surface area contributed by atoms with Gasteiger partial charge < -0.3 is 5.32 Å². The monoisotopic (exact) mass is 276 g/mol. The molecular weight excluding hydrogens is 251 g/mol. The van der Waals surface area contributed by atoms with Crippen molar-refractivity contribution in [2.24, 2.45) is 0 Å². The van der Waals surface area contributed by atoms with E-state index in [1.807, 2.05) is 12.1 Å². The Labute approximate surface area is 121 Å². The maximum absolute atomic E-state index is 13.9. The number of nitrogens with zero attached hydrogens (tertiary/aromatic N) is 1. The van der Waals surface area contributed by atoms with Crippen molar-refractivity contribution >= 4 is 0 Å². The summed E-state index contributed by atoms with van der Waals surface area (Å²) in [6, 6.07) is 7.71. The summed E-state index contributed by atoms with van der Waals surface area (Å²) in [4.78, 5) is 2.48. The van der Waals surface area contributed by atoms with Crippen molar-refractivity contribution in [3.8, 4) is 0 Å². The van der Waals surface area contributed by atoms with Crippen LogP contribution in [0.5, 0.6) is 0 Å². The van der Waals surface area contributed by atoms with Crippen molar-refractivity contribution in [1.29, 1.82) is 0 Å². The molecule has 1 saturated carbocycles. The number of rotatable bonds is 2. The molecule has 3 rings (SSSR count). The van der Waals surface area contributed by atoms with Gasteiger partial charge >= 0.3 is 0 Å². The first-order valence-electron chi connectivity index (χ1n) is 7.91. The van der Waals surface area contributed by atoms with E-state index in [-0.39, 0.29) is 11.4 Å². The third kappa shape index (κ3) is 2.89. The Morgan fingerprint density at radius 2 is 2.05 bits per heavy atom. The van der Waals surface area contributed by atoms with Crippen LogP contribution < -0.4 is 5.32 Å². The number of hydrogen-bond donors (Lipinski definition) is 1. The Morgan fingerprint density at radius 1 is 1.30 bits per heavy atom. The average molecular weight is 276 g/mol. The van der Waals surface area contributed by atoms with Gasteiger partial charge in [0.05, 0.1) is 0 Å². The summed E-state index contributed by atoms with van der Waals surface area (Å²) < 4.78 is 13.9. The lowest BCUT2D eigenvalue weighted by Crippen LogP contribution is -2.50. The predicted molar refractivity (Wildman–Crippen MR) is 80.1 cm³/mol. The minimum Gasteiger partial charge on any atom is -0.310 e. The van der Waals surface area contributed by atoms with E-state index in [1.54, 1.807) is 12.1 Å². The maximum Gasteiger partial charge on any atom is 0.127 e. The van der Waals surface area contributed by atoms with Gasteiger partial charge in [0.15, 0.2) is 0 Å². The molecule has 1 spiro atoms. The van der Waals surface area contributed by atoms with E-state index in [1.165, 1.54) is 25.7 Å². The van der Waals surface area contributed by atoms with Gasteiger partial charge in [0, 0.05) is 30.2 Å². The predicted octanol–water partition coefficient (Wildman–Crippen LogP) is 3.32. The van der Waals surface area contributed by atoms with E-state index in [0.29, 0.717) is 6.04 Å². The lowest BCUT2D eigenvalue weighted by atomic mass is 9.96. The van der Waals surface area contributed by atoms with Gasteiger partial charge in [-0.05, 0) is 38.8 Å². The molecule has 1 aromatic rings. The van der Waals surface area contributed by atoms with E-state index in [2.05, 4.69) is 17.1 Å². The molecule has 1 atom stereocenters. The van der Waals surface area contributed by atoms with Gasteiger partial charge in [-0.2, -0.15) is 0 Å². The lowest BCUT2D eigenvalue weighted by molar-refractivity contribution is 0.158. The quantitative estimate of drug-likeness (QED) is 0.891. The summed E-state index contributed by atoms with van der Waals surface area (Å²) in [5.74, 6) is -0.0719. The average Bonchev–Trinajstić information content (AvgIpc) is 2.82. The minimum absolute atomic E-state index is 0.0719. The lowest BCUT2D eigenvalue weighted by Gasteiger charge is -2.35. The second-order valence-corrected chi connectivity index (χ2v) is 6.55. The summed E-state index contributed by atoms with van der Waals surface area (Å²) in [6.45, 7) is 5.16. The maximum atomic E-state index is 13.9. The van der Waals surface area contributed by atoms with E-state index in [9.17, 15) is 4.39 Å². The zero-order valence-corrected chi connectivity index (χ0v) is 12.4. The van der Waals surface area contributed by atoms with Crippen LogP contribution in [-0.2, 0) is 6.54 Å². The Kier molecular flexibility index (Phi) is 4.08. The summed E-state index contributed by atoms with van der Waals surface area (Å²) >= 11 is 0. The highest BCUT2D eigenvalue weighted by atomic mass is 19.1. The fourth-order valence-electron chi connectivity index (χ4n) is 3.77. The second-order valence-electron chi connectivity index (χ2n) is 6.55. The van der Waals surface area contributed by atoms with Crippen LogP contribution in [0.4, 0.5) is 4.39 Å². The molecule has 1 saturated heterocycles. The van der Waals surface area contributed by atoms with Crippen LogP contribution in [0.25, 0.3) is 0 Å². The first-order valence-corrected chi connectivity index (χ1v) is 7.91. The van der Waals surface area contributed by atoms with Crippen molar-refractivity contribution < 1.29 is 4.39 Å². The van der Waals surface area contributed by atoms with Gasteiger partial charge in [0.2, 0.25) is 0 Å². The molecule has 2 aliphatic rings. The van der Waals surface area contributed by atoms with Crippen molar-refractivity contribution in [2.75, 3.05) is 13.1 Å². The first kappa shape index (κ1) is 14.0. The third-order valence-corrected chi connectivity index (χ3v) is 5.08. The third-order valence-electron chi connectivity index (χ3n) is 5.08. The van der Waals surface area contributed by atoms with Crippen LogP contribution in [0.3, 0.4) is 0 Å². The number of halogens is 1. The molecule has 3 heteroatoms. The molecule has 1 heterocycles. The summed E-state index contributed by atoms with van der Waals surface area (Å²) in [7, 11) is 0. The first-order chi connectivity index (χ1) is 9.69. The van der Waals surface area contributed by atoms with Gasteiger partial charge in [-0.15, -0.1) is 0 Å². The van der Waals surface area contributed by atoms with E-state index >= 15 is 0 Å². The molecule has 0 bridgehead atoms. The van der Waals surface area contributed by atoms with Crippen molar-refractivity contribution in [2.45, 2.75) is 57.2 Å². The van der Waals surface area contributed by atoms with Gasteiger partial charge in [-0.1, -0.05) is 31.0 Å². The van der Waals surface area contributed by atoms with Gasteiger partial charge in [0.25, 0.3) is 0 Å². The van der Waals surface area contributed by atoms with Crippen LogP contribution in [0.2, 0.25) is 0 Å². The molecule has 0 aromatic heterocycles. The largest absolute Gasteiger partial charge is 0.310 e. The van der Waals surface area contributed by atoms with Gasteiger partial charge in [0.1, 0.15) is 5.82 Å². The van der Waals surface area contributed by atoms with Crippen molar-refractivity contribution in [3.63, 3.8) is 0 Å². The summed E-state index contributed by atoms with van der Waals surface area (Å²) in [5.41, 5.74) is 1.12. The van der Waals surface area contributed by atoms with Crippen LogP contribution in [-0.4, -0.2) is 29.6 Å². The topological polar surface area (TPSA) is 15.3 Å². The Balaban J connectivity index is 1.77. The number of benzene rings is 1. The normalized spacial score (nSPS) is 26.8. The van der Waals surface area contributed by atoms with Crippen LogP contribution >= 0.6 is 0 Å². The Morgan fingerprint density at radius 3 is 2.80 bits per heavy atom. The van der Waals surface area contributed by atoms with E-state index < -0.39 is 0 Å². The molecule has 0 amide bonds. The Hall–Kier alpha value is -0.930. The SMILES string of the molecule is CC1CCNC2(CCCC2)CN1Cc1ccccc1F. The minimum atomic E-state index is -0.0719. The molecule has 1 N–H and O–H groups in total. The zero-order chi connectivity index (χ0) is 14.0. The van der Waals surface area contributed by atoms with Crippen LogP contribution in [0.1, 0.15) is 44.6 Å². The van der Waals surface area contributed by atoms with E-state index in [4.69, 9.17) is 0 Å². The molecule has 0 radical (unpaired) electrons. The van der Waals surface area contributed by atoms with Crippen LogP contribution in [0.15, 0.2) is 24.3 Å². The molecule has 1 unspecified atom stereocenters. The molecule has 110 valence electrons. The van der Waals surface area contributed by atoms with Gasteiger partial charge in [-0.3, -0.25) is 4.90 Å². The number of nitrogens with one attached hydrogen (secondary N) is 1. The molecule has 2 nitrogen and oxygen atoms in total. The van der Waals surface area contributed by atoms with Crippen molar-refractivity contribution in [1.82, 2.24) is 10.2 Å². The molecule has 1 aliphatic heterocycles. The fraction of sp³-hybridized carbons (Fsp3) is 0.647. The fourth-order valence-corrected chi connectivity index (χ4v) is 3.77. The second kappa shape index (κ2) is 5.82. The standard InChI is InChI=1S/C17H25FN2/c1-14-8-11-19-17(9-4-5-10-17)13-20(14)12-15-6-2-3-7-16(15)18/h2-3,6-7,14,19H,4-5,8-13H2,1H3. The smallest absolute Gasteiger partial charge is 0.127 e. The number of hydrogen-bond acceptors (Lipinski definition) is 2. The molecule has 20 heavy (non-hydrogen) atoms. The van der Waals surface area contributed by atoms with Crippen molar-refractivity contribution in [3.05, 3.63) is 35.6 Å². The van der Waals surface area contributed by atoms with Crippen LogP contribution in [0, 0.1) is 5.82 Å². The molecule has 1 aliphatic carbocycles. The highest BCUT2D eigenvalue weighted by molar-refractivity contribution is 5.17. The zero-order valence-electron chi connectivity index (χ0n) is 12.4. The summed E-state index contributed by atoms with van der Waals surface area (Å²) in [6.07, 6.45) is 6.35. The molecular formula is C17H25FN2. The molecule has 1 aromatic carbocycles. The molecule has 2 fully saturated rings. The van der Waals surface area contributed by atoms with E-state index in [0.717, 1.165) is 31.6 Å².